The highest BCUT2D eigenvalue weighted by Gasteiger charge is 2.79. The fourth-order valence-corrected chi connectivity index (χ4v) is 14.2. The number of carboxylic acids is 2. The normalized spacial score (nSPS) is 46.3. The maximum absolute atomic E-state index is 13.5. The number of phenols is 2. The summed E-state index contributed by atoms with van der Waals surface area (Å²) in [5.41, 5.74) is 11.2. The Morgan fingerprint density at radius 2 is 0.955 bits per heavy atom. The number of nitrogens with two attached hydrogens (primary N) is 2. The Morgan fingerprint density at radius 1 is 0.568 bits per heavy atom. The highest BCUT2D eigenvalue weighted by molar-refractivity contribution is 5.78. The SMILES string of the molecule is CC12CC3(C(=O)O)CC(c4ccc(O)c(N)c4)(C1)CC(C14CC5(C)CC(C(=O)O)(CC(c6ccc(O)c(N)c6)(C5)C1)C4)(C2)C3. The molecule has 8 atom stereocenters. The van der Waals surface area contributed by atoms with E-state index in [2.05, 4.69) is 13.8 Å². The van der Waals surface area contributed by atoms with E-state index < -0.39 is 33.6 Å². The summed E-state index contributed by atoms with van der Waals surface area (Å²) < 4.78 is 0. The zero-order chi connectivity index (χ0) is 31.3. The molecule has 0 heterocycles. The first-order valence-corrected chi connectivity index (χ1v) is 16.1. The van der Waals surface area contributed by atoms with Gasteiger partial charge in [-0.2, -0.15) is 0 Å². The number of carbonyl (C=O) groups is 2. The summed E-state index contributed by atoms with van der Waals surface area (Å²) in [5.74, 6) is -1.43. The molecule has 8 aliphatic carbocycles. The lowest BCUT2D eigenvalue weighted by atomic mass is 9.24. The van der Waals surface area contributed by atoms with Crippen molar-refractivity contribution in [2.24, 2.45) is 32.5 Å². The monoisotopic (exact) mass is 600 g/mol. The van der Waals surface area contributed by atoms with Crippen molar-refractivity contribution >= 4 is 23.3 Å². The van der Waals surface area contributed by atoms with Crippen molar-refractivity contribution in [1.29, 1.82) is 0 Å². The van der Waals surface area contributed by atoms with Crippen LogP contribution in [0.2, 0.25) is 0 Å². The molecule has 8 fully saturated rings. The zero-order valence-electron chi connectivity index (χ0n) is 25.7. The Hall–Kier alpha value is -3.42. The minimum absolute atomic E-state index is 0.0277. The van der Waals surface area contributed by atoms with E-state index in [1.54, 1.807) is 12.1 Å². The Labute approximate surface area is 257 Å². The third kappa shape index (κ3) is 3.35. The average Bonchev–Trinajstić information content (AvgIpc) is 2.89. The lowest BCUT2D eigenvalue weighted by molar-refractivity contribution is -0.278. The molecule has 10 rings (SSSR count). The summed E-state index contributed by atoms with van der Waals surface area (Å²) in [6, 6.07) is 10.9. The van der Waals surface area contributed by atoms with E-state index in [-0.39, 0.29) is 33.2 Å². The van der Waals surface area contributed by atoms with Gasteiger partial charge in [-0.3, -0.25) is 9.59 Å². The molecule has 0 amide bonds. The molecule has 8 aliphatic rings. The Morgan fingerprint density at radius 3 is 1.30 bits per heavy atom. The van der Waals surface area contributed by atoms with Crippen LogP contribution in [0.1, 0.15) is 102 Å². The second kappa shape index (κ2) is 7.86. The molecular formula is C36H44N2O6. The number of hydrogen-bond acceptors (Lipinski definition) is 6. The first-order valence-electron chi connectivity index (χ1n) is 16.1. The van der Waals surface area contributed by atoms with Crippen LogP contribution in [0.5, 0.6) is 11.5 Å². The van der Waals surface area contributed by atoms with E-state index in [0.29, 0.717) is 49.9 Å². The zero-order valence-corrected chi connectivity index (χ0v) is 25.7. The van der Waals surface area contributed by atoms with Gasteiger partial charge in [0.2, 0.25) is 0 Å². The van der Waals surface area contributed by atoms with E-state index in [4.69, 9.17) is 11.5 Å². The number of carboxylic acid groups (broad SMARTS) is 2. The molecule has 8 nitrogen and oxygen atoms in total. The number of aromatic hydroxyl groups is 2. The summed E-state index contributed by atoms with van der Waals surface area (Å²) in [6.07, 6.45) is 8.57. The van der Waals surface area contributed by atoms with Crippen molar-refractivity contribution in [3.8, 4) is 11.5 Å². The molecule has 0 spiro atoms. The maximum Gasteiger partial charge on any atom is 0.309 e. The van der Waals surface area contributed by atoms with E-state index in [1.807, 2.05) is 24.3 Å². The third-order valence-corrected chi connectivity index (χ3v) is 14.0. The average molecular weight is 601 g/mol. The van der Waals surface area contributed by atoms with Crippen molar-refractivity contribution in [1.82, 2.24) is 0 Å². The van der Waals surface area contributed by atoms with Crippen molar-refractivity contribution in [3.63, 3.8) is 0 Å². The number of anilines is 2. The van der Waals surface area contributed by atoms with Crippen molar-refractivity contribution < 1.29 is 30.0 Å². The van der Waals surface area contributed by atoms with Gasteiger partial charge in [0.25, 0.3) is 0 Å². The fraction of sp³-hybridized carbons (Fsp3) is 0.611. The first-order chi connectivity index (χ1) is 20.4. The van der Waals surface area contributed by atoms with Crippen LogP contribution in [0.3, 0.4) is 0 Å². The van der Waals surface area contributed by atoms with Gasteiger partial charge in [-0.1, -0.05) is 26.0 Å². The van der Waals surface area contributed by atoms with Crippen LogP contribution in [0.15, 0.2) is 36.4 Å². The molecule has 0 saturated heterocycles. The van der Waals surface area contributed by atoms with Crippen molar-refractivity contribution in [2.75, 3.05) is 11.5 Å². The van der Waals surface area contributed by atoms with Gasteiger partial charge in [0, 0.05) is 0 Å². The molecule has 234 valence electrons. The number of nitrogen functional groups attached to an aromatic ring is 2. The molecule has 8 bridgehead atoms. The maximum atomic E-state index is 13.5. The Balaban J connectivity index is 1.36. The largest absolute Gasteiger partial charge is 0.506 e. The number of rotatable bonds is 5. The molecule has 8 N–H and O–H groups in total. The van der Waals surface area contributed by atoms with Crippen molar-refractivity contribution in [3.05, 3.63) is 47.5 Å². The van der Waals surface area contributed by atoms with Crippen LogP contribution in [-0.2, 0) is 20.4 Å². The highest BCUT2D eigenvalue weighted by Crippen LogP contribution is 2.85. The summed E-state index contributed by atoms with van der Waals surface area (Å²) in [6.45, 7) is 4.53. The second-order valence-electron chi connectivity index (χ2n) is 17.6. The lowest BCUT2D eigenvalue weighted by Gasteiger charge is -2.79. The van der Waals surface area contributed by atoms with Crippen LogP contribution in [0, 0.1) is 32.5 Å². The van der Waals surface area contributed by atoms with Gasteiger partial charge in [-0.05, 0) is 145 Å². The molecule has 0 aliphatic heterocycles. The minimum Gasteiger partial charge on any atom is -0.506 e. The number of hydrogen-bond donors (Lipinski definition) is 6. The number of phenolic OH excluding ortho intramolecular Hbond substituents is 2. The predicted molar refractivity (Wildman–Crippen MR) is 165 cm³/mol. The van der Waals surface area contributed by atoms with Gasteiger partial charge in [-0.25, -0.2) is 0 Å². The second-order valence-corrected chi connectivity index (χ2v) is 17.6. The van der Waals surface area contributed by atoms with Crippen LogP contribution >= 0.6 is 0 Å². The predicted octanol–water partition coefficient (Wildman–Crippen LogP) is 6.33. The minimum atomic E-state index is -0.910. The molecular weight excluding hydrogens is 556 g/mol. The van der Waals surface area contributed by atoms with Gasteiger partial charge >= 0.3 is 11.9 Å². The molecule has 0 radical (unpaired) electrons. The van der Waals surface area contributed by atoms with E-state index in [9.17, 15) is 30.0 Å². The summed E-state index contributed by atoms with van der Waals surface area (Å²) in [5, 5.41) is 42.7. The van der Waals surface area contributed by atoms with Gasteiger partial charge in [-0.15, -0.1) is 0 Å². The summed E-state index contributed by atoms with van der Waals surface area (Å²) in [4.78, 5) is 26.9. The molecule has 2 aromatic rings. The van der Waals surface area contributed by atoms with Gasteiger partial charge in [0.15, 0.2) is 0 Å². The molecule has 0 aromatic heterocycles. The van der Waals surface area contributed by atoms with E-state index in [0.717, 1.165) is 49.7 Å². The first kappa shape index (κ1) is 28.1. The molecule has 8 heteroatoms. The lowest BCUT2D eigenvalue weighted by Crippen LogP contribution is -2.73. The van der Waals surface area contributed by atoms with Gasteiger partial charge in [0.1, 0.15) is 11.5 Å². The summed E-state index contributed by atoms with van der Waals surface area (Å²) >= 11 is 0. The third-order valence-electron chi connectivity index (χ3n) is 14.0. The van der Waals surface area contributed by atoms with Crippen molar-refractivity contribution in [2.45, 2.75) is 102 Å². The highest BCUT2D eigenvalue weighted by atomic mass is 16.4. The Bertz CT molecular complexity index is 1550. The van der Waals surface area contributed by atoms with Gasteiger partial charge < -0.3 is 31.9 Å². The van der Waals surface area contributed by atoms with E-state index >= 15 is 0 Å². The Kier molecular flexibility index (Phi) is 5.02. The number of benzene rings is 2. The number of aliphatic carboxylic acids is 2. The van der Waals surface area contributed by atoms with Gasteiger partial charge in [0.05, 0.1) is 22.2 Å². The smallest absolute Gasteiger partial charge is 0.309 e. The quantitative estimate of drug-likeness (QED) is 0.171. The molecule has 8 unspecified atom stereocenters. The molecule has 8 saturated carbocycles. The molecule has 2 aromatic carbocycles. The van der Waals surface area contributed by atoms with E-state index in [1.165, 1.54) is 0 Å². The topological polar surface area (TPSA) is 167 Å². The molecule has 44 heavy (non-hydrogen) atoms. The van der Waals surface area contributed by atoms with Crippen LogP contribution < -0.4 is 11.5 Å². The van der Waals surface area contributed by atoms with Crippen LogP contribution in [-0.4, -0.2) is 32.4 Å². The fourth-order valence-electron chi connectivity index (χ4n) is 14.2. The standard InChI is InChI=1S/C36H44N2O6/c1-29-9-31(21-3-5-25(39)23(37)7-21)15-33(11-29,27(41)42)19-35(13-29,17-31)36-14-30(2)10-32(18-36,16-34(12-30,20-36)28(43)44)22-4-6-26(40)24(38)8-22/h3-8,39-40H,9-20,37-38H2,1-2H3,(H,41,42)(H,43,44). The van der Waals surface area contributed by atoms with Crippen LogP contribution in [0.25, 0.3) is 0 Å². The summed E-state index contributed by atoms with van der Waals surface area (Å²) in [7, 11) is 0. The van der Waals surface area contributed by atoms with Crippen LogP contribution in [0.4, 0.5) is 11.4 Å².